The number of aromatic hydroxyl groups is 1. The third-order valence-electron chi connectivity index (χ3n) is 11.3. The number of fused-ring (bicyclic) bond motifs is 2. The predicted molar refractivity (Wildman–Crippen MR) is 130 cm³/mol. The van der Waals surface area contributed by atoms with Crippen LogP contribution in [-0.2, 0) is 16.6 Å². The van der Waals surface area contributed by atoms with Crippen molar-refractivity contribution in [3.63, 3.8) is 0 Å². The Labute approximate surface area is 209 Å². The molecule has 1 saturated heterocycles. The lowest BCUT2D eigenvalue weighted by Crippen LogP contribution is -2.83. The Morgan fingerprint density at radius 3 is 2.71 bits per heavy atom. The van der Waals surface area contributed by atoms with E-state index in [-0.39, 0.29) is 24.1 Å². The summed E-state index contributed by atoms with van der Waals surface area (Å²) in [7, 11) is 1.73. The van der Waals surface area contributed by atoms with Crippen LogP contribution in [0.25, 0.3) is 0 Å². The topological polar surface area (TPSA) is 62.2 Å². The number of methoxy groups -OCH3 is 1. The predicted octanol–water partition coefficient (Wildman–Crippen LogP) is 4.41. The first-order chi connectivity index (χ1) is 17.5. The number of benzene rings is 1. The molecule has 2 N–H and O–H groups in total. The highest BCUT2D eigenvalue weighted by Gasteiger charge is 2.82. The number of rotatable bonds is 4. The highest BCUT2D eigenvalue weighted by molar-refractivity contribution is 5.63. The second kappa shape index (κ2) is 6.33. The van der Waals surface area contributed by atoms with E-state index in [1.54, 1.807) is 13.2 Å². The first kappa shape index (κ1) is 18.0. The molecule has 2 spiro atoms. The van der Waals surface area contributed by atoms with Crippen LogP contribution in [-0.4, -0.2) is 58.6 Å². The number of nitrogens with zero attached hydrogens (tertiary/aromatic N) is 1. The fraction of sp³-hybridized carbons (Fsp3) is 0.793. The van der Waals surface area contributed by atoms with Crippen LogP contribution in [0.1, 0.15) is 82.8 Å². The van der Waals surface area contributed by atoms with E-state index in [4.69, 9.17) is 12.2 Å². The lowest BCUT2D eigenvalue weighted by atomic mass is 9.33. The molecule has 1 aromatic rings. The molecule has 7 aliphatic rings. The van der Waals surface area contributed by atoms with Crippen LogP contribution in [0.4, 0.5) is 0 Å². The molecule has 4 bridgehead atoms. The lowest BCUT2D eigenvalue weighted by molar-refractivity contribution is -0.312. The van der Waals surface area contributed by atoms with E-state index in [1.165, 1.54) is 0 Å². The second-order valence-corrected chi connectivity index (χ2v) is 13.1. The fourth-order valence-corrected chi connectivity index (χ4v) is 9.14. The zero-order valence-electron chi connectivity index (χ0n) is 25.1. The van der Waals surface area contributed by atoms with Crippen LogP contribution >= 0.6 is 0 Å². The molecule has 0 radical (unpaired) electrons. The zero-order valence-corrected chi connectivity index (χ0v) is 21.1. The number of hydrogen-bond acceptors (Lipinski definition) is 5. The molecule has 2 aliphatic heterocycles. The lowest BCUT2D eigenvalue weighted by Gasteiger charge is -2.75. The Kier molecular flexibility index (Phi) is 3.36. The van der Waals surface area contributed by atoms with Crippen molar-refractivity contribution in [3.05, 3.63) is 23.3 Å². The minimum Gasteiger partial charge on any atom is -0.504 e. The number of likely N-dealkylation sites (tertiary alicyclic amines) is 1. The van der Waals surface area contributed by atoms with Crippen LogP contribution in [0.5, 0.6) is 11.5 Å². The summed E-state index contributed by atoms with van der Waals surface area (Å²) in [5.41, 5.74) is -0.956. The third-order valence-corrected chi connectivity index (χ3v) is 11.3. The number of hydrogen-bond donors (Lipinski definition) is 2. The minimum absolute atomic E-state index is 0.134. The number of ether oxygens (including phenoxy) is 2. The summed E-state index contributed by atoms with van der Waals surface area (Å²) in [5.74, 6) is -0.225. The summed E-state index contributed by atoms with van der Waals surface area (Å²) in [6.45, 7) is 6.82. The number of aliphatic hydroxyl groups is 1. The van der Waals surface area contributed by atoms with E-state index in [0.29, 0.717) is 38.0 Å². The van der Waals surface area contributed by atoms with Crippen molar-refractivity contribution in [2.45, 2.75) is 101 Å². The molecule has 186 valence electrons. The Morgan fingerprint density at radius 2 is 2.03 bits per heavy atom. The average molecular weight is 472 g/mol. The summed E-state index contributed by atoms with van der Waals surface area (Å²) in [6.07, 6.45) is 1.83. The molecular weight excluding hydrogens is 426 g/mol. The van der Waals surface area contributed by atoms with E-state index in [0.717, 1.165) is 17.5 Å². The summed E-state index contributed by atoms with van der Waals surface area (Å²) >= 11 is 0. The highest BCUT2D eigenvalue weighted by Crippen LogP contribution is 2.78. The van der Waals surface area contributed by atoms with Gasteiger partial charge in [-0.05, 0) is 81.3 Å². The Bertz CT molecular complexity index is 1230. The fourth-order valence-electron chi connectivity index (χ4n) is 9.14. The van der Waals surface area contributed by atoms with Gasteiger partial charge in [-0.25, -0.2) is 0 Å². The van der Waals surface area contributed by atoms with Crippen LogP contribution in [0, 0.1) is 22.7 Å². The van der Waals surface area contributed by atoms with Gasteiger partial charge in [0.25, 0.3) is 0 Å². The van der Waals surface area contributed by atoms with Crippen LogP contribution in [0.3, 0.4) is 0 Å². The van der Waals surface area contributed by atoms with E-state index in [9.17, 15) is 13.0 Å². The van der Waals surface area contributed by atoms with Gasteiger partial charge in [0, 0.05) is 47.4 Å². The van der Waals surface area contributed by atoms with Gasteiger partial charge in [0.2, 0.25) is 0 Å². The van der Waals surface area contributed by atoms with Crippen LogP contribution < -0.4 is 4.74 Å². The summed E-state index contributed by atoms with van der Waals surface area (Å²) in [4.78, 5) is 1.99. The molecule has 1 aromatic carbocycles. The quantitative estimate of drug-likeness (QED) is 0.681. The molecule has 0 amide bonds. The molecule has 8 rings (SSSR count). The molecule has 8 atom stereocenters. The molecule has 2 heterocycles. The number of piperidine rings is 1. The number of phenolic OH excluding ortho intramolecular Hbond substituents is 1. The summed E-state index contributed by atoms with van der Waals surface area (Å²) < 4.78 is 48.3. The Morgan fingerprint density at radius 1 is 1.26 bits per heavy atom. The van der Waals surface area contributed by atoms with Gasteiger partial charge in [0.1, 0.15) is 11.7 Å². The smallest absolute Gasteiger partial charge is 0.165 e. The average Bonchev–Trinajstić information content (AvgIpc) is 3.33. The molecule has 2 unspecified atom stereocenters. The van der Waals surface area contributed by atoms with Crippen molar-refractivity contribution in [1.82, 2.24) is 4.90 Å². The monoisotopic (exact) mass is 471 g/mol. The van der Waals surface area contributed by atoms with Gasteiger partial charge in [-0.15, -0.1) is 0 Å². The van der Waals surface area contributed by atoms with Gasteiger partial charge >= 0.3 is 0 Å². The van der Waals surface area contributed by atoms with E-state index < -0.39 is 52.3 Å². The Hall–Kier alpha value is -1.30. The van der Waals surface area contributed by atoms with Crippen molar-refractivity contribution in [2.24, 2.45) is 22.7 Å². The molecule has 5 nitrogen and oxygen atoms in total. The highest BCUT2D eigenvalue weighted by atomic mass is 16.6. The largest absolute Gasteiger partial charge is 0.504 e. The number of phenols is 1. The minimum atomic E-state index is -1.77. The summed E-state index contributed by atoms with van der Waals surface area (Å²) in [6, 6.07) is 3.50. The SMILES string of the molecule is [2H]C1([2H])CC1C([2H])([2H])N1CC[C@@]23c4c5ccc(O)c4O[C@H]2[C@]2(OC)CC[C@@]3(CC2[C@@](C)(O)C(C)(C)C)[C@@H]1C5. The van der Waals surface area contributed by atoms with Crippen LogP contribution in [0.2, 0.25) is 0 Å². The first-order valence-corrected chi connectivity index (χ1v) is 13.1. The van der Waals surface area contributed by atoms with Crippen LogP contribution in [0.15, 0.2) is 12.1 Å². The van der Waals surface area contributed by atoms with Gasteiger partial charge in [-0.1, -0.05) is 26.8 Å². The van der Waals surface area contributed by atoms with Crippen molar-refractivity contribution in [1.29, 1.82) is 0 Å². The van der Waals surface area contributed by atoms with E-state index in [2.05, 4.69) is 20.8 Å². The molecule has 5 aliphatic carbocycles. The van der Waals surface area contributed by atoms with Crippen molar-refractivity contribution in [2.75, 3.05) is 20.2 Å². The first-order valence-electron chi connectivity index (χ1n) is 15.1. The standard InChI is InChI=1S/C29H41NO4/c1-25(2,3)26(4,32)20-15-27-10-11-29(20,33-5)24-28(27)12-13-30(16-17-6-7-17)21(27)14-18-8-9-19(31)23(34-24)22(18)28/h8-9,17,20-21,24,31-32H,6-7,10-16H2,1-5H3/t20?,21-,24+,26+,27+,28+,29-/m0/s1/i6D2,16D2/t17?,20?,21-,24+,26+,27+,28+,29-. The molecule has 0 aromatic heterocycles. The van der Waals surface area contributed by atoms with E-state index >= 15 is 0 Å². The van der Waals surface area contributed by atoms with Gasteiger partial charge in [0.15, 0.2) is 11.5 Å². The maximum Gasteiger partial charge on any atom is 0.165 e. The molecular formula is C29H41NO4. The Balaban J connectivity index is 1.47. The normalized spacial score (nSPS) is 49.1. The maximum atomic E-state index is 12.2. The van der Waals surface area contributed by atoms with Crippen molar-refractivity contribution >= 4 is 0 Å². The second-order valence-electron chi connectivity index (χ2n) is 13.1. The van der Waals surface area contributed by atoms with Gasteiger partial charge < -0.3 is 19.7 Å². The van der Waals surface area contributed by atoms with Gasteiger partial charge in [-0.3, -0.25) is 4.90 Å². The molecule has 5 fully saturated rings. The van der Waals surface area contributed by atoms with Gasteiger partial charge in [0.05, 0.1) is 5.60 Å². The van der Waals surface area contributed by atoms with Gasteiger partial charge in [-0.2, -0.15) is 0 Å². The van der Waals surface area contributed by atoms with Crippen molar-refractivity contribution in [3.8, 4) is 11.5 Å². The zero-order chi connectivity index (χ0) is 27.5. The summed E-state index contributed by atoms with van der Waals surface area (Å²) in [5, 5.41) is 23.2. The maximum absolute atomic E-state index is 12.2. The van der Waals surface area contributed by atoms with E-state index in [1.807, 2.05) is 17.9 Å². The molecule has 5 heteroatoms. The third kappa shape index (κ3) is 2.25. The van der Waals surface area contributed by atoms with Crippen molar-refractivity contribution < 1.29 is 25.2 Å². The molecule has 4 saturated carbocycles. The molecule has 34 heavy (non-hydrogen) atoms.